The molecule has 0 aromatic heterocycles. The largest absolute Gasteiger partial charge is 0.481 e. The number of nitrogens with one attached hydrogen (secondary N) is 3. The molecule has 3 saturated carbocycles. The van der Waals surface area contributed by atoms with Gasteiger partial charge in [-0.25, -0.2) is 14.4 Å². The van der Waals surface area contributed by atoms with Crippen LogP contribution in [0, 0.1) is 28.1 Å². The van der Waals surface area contributed by atoms with Crippen molar-refractivity contribution in [2.75, 3.05) is 32.8 Å². The third-order valence-electron chi connectivity index (χ3n) is 11.7. The number of esters is 4. The van der Waals surface area contributed by atoms with Gasteiger partial charge in [-0.05, 0) is 66.5 Å². The molecule has 3 aliphatic carbocycles. The lowest BCUT2D eigenvalue weighted by Gasteiger charge is -2.36. The highest BCUT2D eigenvalue weighted by Crippen LogP contribution is 2.41. The smallest absolute Gasteiger partial charge is 0.410 e. The number of ether oxygens (including phenoxy) is 6. The molecule has 2 atom stereocenters. The van der Waals surface area contributed by atoms with Crippen LogP contribution in [0.5, 0.6) is 0 Å². The number of rotatable bonds is 22. The van der Waals surface area contributed by atoms with Crippen LogP contribution in [-0.2, 0) is 52.4 Å². The van der Waals surface area contributed by atoms with E-state index in [9.17, 15) is 33.6 Å². The zero-order chi connectivity index (χ0) is 48.9. The summed E-state index contributed by atoms with van der Waals surface area (Å²) in [5, 5.41) is 14.4. The van der Waals surface area contributed by atoms with E-state index in [-0.39, 0.29) is 60.6 Å². The van der Waals surface area contributed by atoms with Crippen molar-refractivity contribution < 1.29 is 67.1 Å². The van der Waals surface area contributed by atoms with Crippen LogP contribution < -0.4 is 15.5 Å². The molecule has 372 valence electrons. The second-order valence-corrected chi connectivity index (χ2v) is 18.5. The first kappa shape index (κ1) is 58.6. The van der Waals surface area contributed by atoms with Crippen molar-refractivity contribution in [3.05, 3.63) is 25.3 Å². The number of aliphatic carboxylic acids is 1. The first-order chi connectivity index (χ1) is 30.7. The minimum Gasteiger partial charge on any atom is -0.481 e. The highest BCUT2D eigenvalue weighted by Gasteiger charge is 2.37. The fourth-order valence-corrected chi connectivity index (χ4v) is 8.47. The minimum absolute atomic E-state index is 0.00173. The van der Waals surface area contributed by atoms with Gasteiger partial charge in [0.1, 0.15) is 13.2 Å². The van der Waals surface area contributed by atoms with Crippen molar-refractivity contribution in [3.63, 3.8) is 0 Å². The first-order valence-electron chi connectivity index (χ1n) is 23.1. The Kier molecular flexibility index (Phi) is 28.4. The van der Waals surface area contributed by atoms with Crippen molar-refractivity contribution in [2.24, 2.45) is 28.1 Å². The molecule has 0 spiro atoms. The van der Waals surface area contributed by atoms with Crippen molar-refractivity contribution in [3.8, 4) is 0 Å². The van der Waals surface area contributed by atoms with Crippen LogP contribution in [0.1, 0.15) is 157 Å². The van der Waals surface area contributed by atoms with Crippen LogP contribution in [0.4, 0.5) is 9.59 Å². The van der Waals surface area contributed by atoms with Gasteiger partial charge in [0.2, 0.25) is 12.6 Å². The minimum atomic E-state index is -0.980. The topological polar surface area (TPSA) is 231 Å². The lowest BCUT2D eigenvalue weighted by Crippen LogP contribution is -2.42. The standard InChI is InChI=1S/C19H31NO6.C16H27NO6.C12H20ClNO2/c1-5-11-24-16(21)12-19(9-7-6-8-10-19)13-20-18(23)26-15(4)25-17(22)14(2)3;1-11(2)14(20)22-12(3)23-15(21)17-10-16(9-13(18)19)7-5-4-6-8-16;1-2-8-16-11(15)9-12(10-14-13)6-4-3-5-7-12/h5,14-15H,1,6-13H2,2-4H3,(H,20,23);11-12H,4-10H2,1-3H3,(H,17,21)(H,18,19);2,14H,1,3-10H2. The molecule has 65 heavy (non-hydrogen) atoms. The van der Waals surface area contributed by atoms with Crippen LogP contribution in [0.2, 0.25) is 0 Å². The fraction of sp³-hybridized carbons (Fsp3) is 0.766. The Balaban J connectivity index is 0.000000501. The van der Waals surface area contributed by atoms with Crippen molar-refractivity contribution >= 4 is 53.8 Å². The molecule has 0 aromatic rings. The zero-order valence-corrected chi connectivity index (χ0v) is 40.5. The molecular weight excluding hydrogens is 866 g/mol. The molecule has 17 nitrogen and oxygen atoms in total. The van der Waals surface area contributed by atoms with Gasteiger partial charge in [0.15, 0.2) is 0 Å². The zero-order valence-electron chi connectivity index (χ0n) is 39.8. The van der Waals surface area contributed by atoms with E-state index < -0.39 is 48.1 Å². The summed E-state index contributed by atoms with van der Waals surface area (Å²) in [7, 11) is 0. The predicted molar refractivity (Wildman–Crippen MR) is 244 cm³/mol. The summed E-state index contributed by atoms with van der Waals surface area (Å²) in [5.74, 6) is -2.77. The van der Waals surface area contributed by atoms with Gasteiger partial charge in [0.25, 0.3) is 0 Å². The molecule has 3 rings (SSSR count). The van der Waals surface area contributed by atoms with E-state index in [1.54, 1.807) is 33.8 Å². The van der Waals surface area contributed by atoms with Gasteiger partial charge in [-0.3, -0.25) is 24.0 Å². The van der Waals surface area contributed by atoms with E-state index in [1.165, 1.54) is 39.2 Å². The van der Waals surface area contributed by atoms with Crippen molar-refractivity contribution in [2.45, 2.75) is 170 Å². The summed E-state index contributed by atoms with van der Waals surface area (Å²) < 4.78 is 30.1. The molecule has 18 heteroatoms. The third kappa shape index (κ3) is 25.2. The highest BCUT2D eigenvalue weighted by molar-refractivity contribution is 6.13. The fourth-order valence-electron chi connectivity index (χ4n) is 8.19. The maximum absolute atomic E-state index is 12.0. The molecule has 3 aliphatic rings. The Labute approximate surface area is 391 Å². The predicted octanol–water partition coefficient (Wildman–Crippen LogP) is 8.81. The summed E-state index contributed by atoms with van der Waals surface area (Å²) in [4.78, 5) is 84.1. The van der Waals surface area contributed by atoms with Gasteiger partial charge >= 0.3 is 42.0 Å². The summed E-state index contributed by atoms with van der Waals surface area (Å²) in [5.41, 5.74) is -0.743. The molecule has 2 amide bonds. The van der Waals surface area contributed by atoms with Crippen molar-refractivity contribution in [1.29, 1.82) is 0 Å². The molecule has 0 saturated heterocycles. The number of carboxylic acids is 1. The number of amides is 2. The Morgan fingerprint density at radius 3 is 1.15 bits per heavy atom. The normalized spacial score (nSPS) is 17.9. The summed E-state index contributed by atoms with van der Waals surface area (Å²) in [6.07, 6.45) is 15.6. The molecule has 0 aliphatic heterocycles. The van der Waals surface area contributed by atoms with Gasteiger partial charge < -0.3 is 44.2 Å². The number of alkyl carbamates (subject to hydrolysis) is 2. The molecule has 0 radical (unpaired) electrons. The molecule has 4 N–H and O–H groups in total. The second-order valence-electron chi connectivity index (χ2n) is 18.2. The molecule has 0 bridgehead atoms. The second kappa shape index (κ2) is 31.5. The van der Waals surface area contributed by atoms with Gasteiger partial charge in [0.05, 0.1) is 31.1 Å². The molecule has 0 aromatic carbocycles. The number of carboxylic acid groups (broad SMARTS) is 1. The SMILES string of the molecule is C=CCOC(=O)CC1(CNC(=O)OC(C)OC(=O)C(C)C)CCCCC1.C=CCOC(=O)CC1(CNCl)CCCCC1.CC(OC(=O)NCC1(CC(=O)O)CCCCC1)OC(=O)C(C)C. The molecule has 3 fully saturated rings. The highest BCUT2D eigenvalue weighted by atomic mass is 35.5. The van der Waals surface area contributed by atoms with Crippen LogP contribution in [0.25, 0.3) is 0 Å². The van der Waals surface area contributed by atoms with Crippen molar-refractivity contribution in [1.82, 2.24) is 15.5 Å². The van der Waals surface area contributed by atoms with Crippen LogP contribution in [-0.4, -0.2) is 92.6 Å². The number of carbonyl (C=O) groups is 7. The Bertz CT molecular complexity index is 1500. The van der Waals surface area contributed by atoms with Gasteiger partial charge in [0, 0.05) is 33.5 Å². The Morgan fingerprint density at radius 1 is 0.538 bits per heavy atom. The number of carbonyl (C=O) groups excluding carboxylic acids is 6. The van der Waals surface area contributed by atoms with Gasteiger partial charge in [-0.15, -0.1) is 0 Å². The molecular formula is C47H78ClN3O14. The quantitative estimate of drug-likeness (QED) is 0.0261. The summed E-state index contributed by atoms with van der Waals surface area (Å²) in [6.45, 7) is 18.5. The Morgan fingerprint density at radius 2 is 0.862 bits per heavy atom. The maximum atomic E-state index is 12.0. The molecule has 0 heterocycles. The van der Waals surface area contributed by atoms with E-state index in [2.05, 4.69) is 28.6 Å². The maximum Gasteiger partial charge on any atom is 0.410 e. The number of hydrogen-bond acceptors (Lipinski definition) is 14. The van der Waals surface area contributed by atoms with E-state index in [4.69, 9.17) is 45.3 Å². The van der Waals surface area contributed by atoms with Gasteiger partial charge in [-0.1, -0.05) is 111 Å². The summed E-state index contributed by atoms with van der Waals surface area (Å²) in [6, 6.07) is 0. The number of hydrogen-bond donors (Lipinski definition) is 4. The Hall–Kier alpha value is -4.38. The van der Waals surface area contributed by atoms with E-state index in [1.807, 2.05) is 0 Å². The van der Waals surface area contributed by atoms with E-state index >= 15 is 0 Å². The van der Waals surface area contributed by atoms with Crippen LogP contribution in [0.3, 0.4) is 0 Å². The van der Waals surface area contributed by atoms with Gasteiger partial charge in [-0.2, -0.15) is 0 Å². The first-order valence-corrected chi connectivity index (χ1v) is 23.5. The third-order valence-corrected chi connectivity index (χ3v) is 11.9. The molecule has 2 unspecified atom stereocenters. The summed E-state index contributed by atoms with van der Waals surface area (Å²) >= 11 is 5.59. The average molecular weight is 945 g/mol. The van der Waals surface area contributed by atoms with E-state index in [0.29, 0.717) is 26.1 Å². The van der Waals surface area contributed by atoms with Crippen LogP contribution >= 0.6 is 11.8 Å². The lowest BCUT2D eigenvalue weighted by atomic mass is 9.72. The van der Waals surface area contributed by atoms with Crippen LogP contribution in [0.15, 0.2) is 25.3 Å². The number of halogens is 1. The average Bonchev–Trinajstić information content (AvgIpc) is 3.24. The lowest BCUT2D eigenvalue weighted by molar-refractivity contribution is -0.170. The monoisotopic (exact) mass is 944 g/mol. The van der Waals surface area contributed by atoms with E-state index in [0.717, 1.165) is 77.0 Å².